The number of nitrogens with one attached hydrogen (secondary N) is 1. The van der Waals surface area contributed by atoms with Crippen LogP contribution in [0, 0.1) is 0 Å². The molecule has 3 N–H and O–H groups in total. The third-order valence-electron chi connectivity index (χ3n) is 3.06. The van der Waals surface area contributed by atoms with E-state index in [1.54, 1.807) is 13.2 Å². The Morgan fingerprint density at radius 2 is 2.22 bits per heavy atom. The molecule has 2 aromatic rings. The van der Waals surface area contributed by atoms with Gasteiger partial charge in [0.25, 0.3) is 0 Å². The van der Waals surface area contributed by atoms with Gasteiger partial charge in [-0.15, -0.1) is 0 Å². The summed E-state index contributed by atoms with van der Waals surface area (Å²) in [5, 5.41) is 1.65. The molecule has 0 aliphatic heterocycles. The van der Waals surface area contributed by atoms with E-state index in [4.69, 9.17) is 26.6 Å². The van der Waals surface area contributed by atoms with Crippen LogP contribution in [-0.2, 0) is 4.74 Å². The molecular weight excluding hydrogens is 252 g/mol. The van der Waals surface area contributed by atoms with Gasteiger partial charge >= 0.3 is 0 Å². The van der Waals surface area contributed by atoms with Crippen molar-refractivity contribution in [2.24, 2.45) is 5.84 Å². The summed E-state index contributed by atoms with van der Waals surface area (Å²) in [4.78, 5) is 0. The predicted molar refractivity (Wildman–Crippen MR) is 72.4 cm³/mol. The zero-order chi connectivity index (χ0) is 13.1. The second-order valence-electron chi connectivity index (χ2n) is 4.16. The van der Waals surface area contributed by atoms with Gasteiger partial charge in [-0.2, -0.15) is 0 Å². The lowest BCUT2D eigenvalue weighted by atomic mass is 10.1. The summed E-state index contributed by atoms with van der Waals surface area (Å²) < 4.78 is 11.2. The predicted octanol–water partition coefficient (Wildman–Crippen LogP) is 3.02. The Morgan fingerprint density at radius 1 is 1.44 bits per heavy atom. The van der Waals surface area contributed by atoms with Crippen LogP contribution in [0.3, 0.4) is 0 Å². The molecule has 0 radical (unpaired) electrons. The van der Waals surface area contributed by atoms with Gasteiger partial charge in [0.15, 0.2) is 0 Å². The lowest BCUT2D eigenvalue weighted by Gasteiger charge is -2.22. The van der Waals surface area contributed by atoms with Crippen LogP contribution < -0.4 is 11.3 Å². The minimum absolute atomic E-state index is 0.0361. The van der Waals surface area contributed by atoms with Crippen LogP contribution in [0.15, 0.2) is 28.7 Å². The van der Waals surface area contributed by atoms with E-state index in [1.807, 2.05) is 25.1 Å². The van der Waals surface area contributed by atoms with E-state index in [-0.39, 0.29) is 12.1 Å². The van der Waals surface area contributed by atoms with Crippen LogP contribution in [0.5, 0.6) is 0 Å². The number of furan rings is 1. The van der Waals surface area contributed by atoms with E-state index in [1.165, 1.54) is 0 Å². The fourth-order valence-corrected chi connectivity index (χ4v) is 2.28. The van der Waals surface area contributed by atoms with Crippen molar-refractivity contribution in [1.82, 2.24) is 5.43 Å². The molecule has 0 fully saturated rings. The largest absolute Gasteiger partial charge is 0.459 e. The van der Waals surface area contributed by atoms with Gasteiger partial charge in [0.05, 0.1) is 6.10 Å². The number of fused-ring (bicyclic) bond motifs is 1. The molecule has 0 bridgehead atoms. The van der Waals surface area contributed by atoms with Crippen molar-refractivity contribution in [3.63, 3.8) is 0 Å². The Hall–Kier alpha value is -1.07. The van der Waals surface area contributed by atoms with Gasteiger partial charge in [0.1, 0.15) is 17.4 Å². The van der Waals surface area contributed by atoms with Crippen LogP contribution in [-0.4, -0.2) is 13.2 Å². The second-order valence-corrected chi connectivity index (χ2v) is 4.59. The number of rotatable bonds is 5. The molecule has 1 heterocycles. The van der Waals surface area contributed by atoms with Gasteiger partial charge in [-0.1, -0.05) is 18.5 Å². The van der Waals surface area contributed by atoms with Gasteiger partial charge in [0, 0.05) is 17.5 Å². The van der Waals surface area contributed by atoms with Crippen LogP contribution in [0.25, 0.3) is 11.0 Å². The van der Waals surface area contributed by atoms with Gasteiger partial charge in [0.2, 0.25) is 0 Å². The molecule has 0 saturated heterocycles. The summed E-state index contributed by atoms with van der Waals surface area (Å²) >= 11 is 5.95. The lowest BCUT2D eigenvalue weighted by Crippen LogP contribution is -2.37. The van der Waals surface area contributed by atoms with E-state index < -0.39 is 0 Å². The zero-order valence-electron chi connectivity index (χ0n) is 10.4. The fourth-order valence-electron chi connectivity index (χ4n) is 2.10. The molecule has 0 amide bonds. The molecule has 2 unspecified atom stereocenters. The first-order valence-corrected chi connectivity index (χ1v) is 6.25. The van der Waals surface area contributed by atoms with Crippen molar-refractivity contribution in [1.29, 1.82) is 0 Å². The lowest BCUT2D eigenvalue weighted by molar-refractivity contribution is 0.0585. The average molecular weight is 269 g/mol. The highest BCUT2D eigenvalue weighted by molar-refractivity contribution is 6.31. The first-order valence-electron chi connectivity index (χ1n) is 5.87. The molecule has 18 heavy (non-hydrogen) atoms. The SMILES string of the molecule is CCC(OC)C(NN)c1cc2cc(Cl)ccc2o1. The van der Waals surface area contributed by atoms with Crippen molar-refractivity contribution in [3.05, 3.63) is 35.0 Å². The molecule has 0 spiro atoms. The van der Waals surface area contributed by atoms with Crippen molar-refractivity contribution >= 4 is 22.6 Å². The number of methoxy groups -OCH3 is 1. The molecule has 98 valence electrons. The number of halogens is 1. The number of hydrazine groups is 1. The van der Waals surface area contributed by atoms with Crippen LogP contribution in [0.2, 0.25) is 5.02 Å². The topological polar surface area (TPSA) is 60.4 Å². The summed E-state index contributed by atoms with van der Waals surface area (Å²) in [5.41, 5.74) is 3.54. The molecule has 5 heteroatoms. The Balaban J connectivity index is 2.39. The quantitative estimate of drug-likeness (QED) is 0.646. The molecule has 1 aromatic carbocycles. The van der Waals surface area contributed by atoms with Crippen molar-refractivity contribution in [3.8, 4) is 0 Å². The van der Waals surface area contributed by atoms with Crippen LogP contribution >= 0.6 is 11.6 Å². The molecular formula is C13H17ClN2O2. The number of ether oxygens (including phenoxy) is 1. The number of hydrogen-bond donors (Lipinski definition) is 2. The summed E-state index contributed by atoms with van der Waals surface area (Å²) in [6.07, 6.45) is 0.800. The average Bonchev–Trinajstić information content (AvgIpc) is 2.78. The summed E-state index contributed by atoms with van der Waals surface area (Å²) in [6, 6.07) is 7.28. The highest BCUT2D eigenvalue weighted by Crippen LogP contribution is 2.29. The zero-order valence-corrected chi connectivity index (χ0v) is 11.2. The van der Waals surface area contributed by atoms with Crippen LogP contribution in [0.1, 0.15) is 25.1 Å². The van der Waals surface area contributed by atoms with Gasteiger partial charge in [-0.3, -0.25) is 5.84 Å². The number of nitrogens with two attached hydrogens (primary N) is 1. The fraction of sp³-hybridized carbons (Fsp3) is 0.385. The molecule has 0 saturated carbocycles. The maximum absolute atomic E-state index is 5.95. The van der Waals surface area contributed by atoms with E-state index in [0.29, 0.717) is 5.02 Å². The Morgan fingerprint density at radius 3 is 2.83 bits per heavy atom. The minimum atomic E-state index is -0.175. The second kappa shape index (κ2) is 5.71. The van der Waals surface area contributed by atoms with Crippen molar-refractivity contribution in [2.45, 2.75) is 25.5 Å². The molecule has 2 atom stereocenters. The summed E-state index contributed by atoms with van der Waals surface area (Å²) in [5.74, 6) is 6.35. The van der Waals surface area contributed by atoms with Crippen molar-refractivity contribution < 1.29 is 9.15 Å². The highest BCUT2D eigenvalue weighted by Gasteiger charge is 2.23. The first kappa shape index (κ1) is 13.4. The summed E-state index contributed by atoms with van der Waals surface area (Å²) in [6.45, 7) is 2.04. The van der Waals surface area contributed by atoms with E-state index in [2.05, 4.69) is 5.43 Å². The van der Waals surface area contributed by atoms with Gasteiger partial charge < -0.3 is 9.15 Å². The van der Waals surface area contributed by atoms with Crippen molar-refractivity contribution in [2.75, 3.05) is 7.11 Å². The first-order chi connectivity index (χ1) is 8.69. The third kappa shape index (κ3) is 2.52. The third-order valence-corrected chi connectivity index (χ3v) is 3.30. The molecule has 0 aliphatic rings. The maximum Gasteiger partial charge on any atom is 0.134 e. The molecule has 2 rings (SSSR count). The number of hydrogen-bond acceptors (Lipinski definition) is 4. The molecule has 4 nitrogen and oxygen atoms in total. The van der Waals surface area contributed by atoms with E-state index in [9.17, 15) is 0 Å². The smallest absolute Gasteiger partial charge is 0.134 e. The highest BCUT2D eigenvalue weighted by atomic mass is 35.5. The van der Waals surface area contributed by atoms with Crippen LogP contribution in [0.4, 0.5) is 0 Å². The minimum Gasteiger partial charge on any atom is -0.459 e. The molecule has 0 aliphatic carbocycles. The number of benzene rings is 1. The normalized spacial score (nSPS) is 14.9. The van der Waals surface area contributed by atoms with Gasteiger partial charge in [-0.25, -0.2) is 5.43 Å². The Kier molecular flexibility index (Phi) is 4.24. The standard InChI is InChI=1S/C13H17ClN2O2/c1-3-10(17-2)13(16-15)12-7-8-6-9(14)4-5-11(8)18-12/h4-7,10,13,16H,3,15H2,1-2H3. The molecule has 1 aromatic heterocycles. The van der Waals surface area contributed by atoms with E-state index in [0.717, 1.165) is 23.2 Å². The van der Waals surface area contributed by atoms with E-state index >= 15 is 0 Å². The van der Waals surface area contributed by atoms with Gasteiger partial charge in [-0.05, 0) is 30.7 Å². The maximum atomic E-state index is 5.95. The Bertz CT molecular complexity index is 523. The Labute approximate surface area is 111 Å². The monoisotopic (exact) mass is 268 g/mol. The summed E-state index contributed by atoms with van der Waals surface area (Å²) in [7, 11) is 1.66.